The van der Waals surface area contributed by atoms with Crippen molar-refractivity contribution >= 4 is 23.7 Å². The number of phenols is 1. The molecule has 0 spiro atoms. The number of hydrogen-bond donors (Lipinski definition) is 7. The number of nitrogens with two attached hydrogens (primary N) is 1. The molecule has 0 saturated carbocycles. The molecule has 0 radical (unpaired) electrons. The van der Waals surface area contributed by atoms with Crippen molar-refractivity contribution in [3.63, 3.8) is 0 Å². The molecule has 1 aromatic heterocycles. The van der Waals surface area contributed by atoms with Crippen LogP contribution in [0, 0.1) is 5.92 Å². The summed E-state index contributed by atoms with van der Waals surface area (Å²) in [5.74, 6) is -3.00. The van der Waals surface area contributed by atoms with Crippen molar-refractivity contribution in [3.05, 3.63) is 48.0 Å². The molecular formula is C24H34N6O6. The molecule has 0 aliphatic heterocycles. The highest BCUT2D eigenvalue weighted by Gasteiger charge is 2.30. The highest BCUT2D eigenvalue weighted by Crippen LogP contribution is 2.13. The van der Waals surface area contributed by atoms with Gasteiger partial charge < -0.3 is 36.9 Å². The number of aromatic hydroxyl groups is 1. The zero-order valence-electron chi connectivity index (χ0n) is 20.5. The minimum Gasteiger partial charge on any atom is -0.508 e. The molecule has 36 heavy (non-hydrogen) atoms. The highest BCUT2D eigenvalue weighted by atomic mass is 16.4. The SMILES string of the molecule is CC(C)CC(NC(=O)C(Cc1ccc(O)cc1)NC(=O)C(N)Cc1cnc[nH]1)C(=O)NC(C)C(=O)O. The summed E-state index contributed by atoms with van der Waals surface area (Å²) in [6, 6.07) is 1.92. The Labute approximate surface area is 209 Å². The molecule has 196 valence electrons. The molecule has 12 heteroatoms. The van der Waals surface area contributed by atoms with Gasteiger partial charge in [0.25, 0.3) is 0 Å². The van der Waals surface area contributed by atoms with Crippen LogP contribution in [0.4, 0.5) is 0 Å². The van der Waals surface area contributed by atoms with Gasteiger partial charge in [-0.2, -0.15) is 0 Å². The van der Waals surface area contributed by atoms with Gasteiger partial charge in [0, 0.05) is 24.7 Å². The Bertz CT molecular complexity index is 1020. The number of benzene rings is 1. The van der Waals surface area contributed by atoms with Gasteiger partial charge >= 0.3 is 5.97 Å². The summed E-state index contributed by atoms with van der Waals surface area (Å²) in [5, 5.41) is 26.3. The second-order valence-electron chi connectivity index (χ2n) is 9.08. The highest BCUT2D eigenvalue weighted by molar-refractivity contribution is 5.94. The number of hydrogen-bond acceptors (Lipinski definition) is 7. The fraction of sp³-hybridized carbons (Fsp3) is 0.458. The van der Waals surface area contributed by atoms with E-state index < -0.39 is 47.9 Å². The molecule has 4 atom stereocenters. The molecule has 0 aliphatic carbocycles. The molecule has 4 unspecified atom stereocenters. The molecule has 2 aromatic rings. The van der Waals surface area contributed by atoms with Crippen molar-refractivity contribution in [3.8, 4) is 5.75 Å². The first-order chi connectivity index (χ1) is 17.0. The van der Waals surface area contributed by atoms with Gasteiger partial charge in [-0.15, -0.1) is 0 Å². The number of phenolic OH excluding ortho intramolecular Hbond substituents is 1. The Morgan fingerprint density at radius 3 is 2.11 bits per heavy atom. The number of amides is 3. The number of carboxylic acid groups (broad SMARTS) is 1. The van der Waals surface area contributed by atoms with Crippen LogP contribution in [0.15, 0.2) is 36.8 Å². The van der Waals surface area contributed by atoms with E-state index >= 15 is 0 Å². The van der Waals surface area contributed by atoms with Crippen LogP contribution >= 0.6 is 0 Å². The molecule has 2 rings (SSSR count). The average molecular weight is 503 g/mol. The minimum absolute atomic E-state index is 0.00847. The lowest BCUT2D eigenvalue weighted by Crippen LogP contribution is -2.57. The van der Waals surface area contributed by atoms with E-state index in [2.05, 4.69) is 25.9 Å². The van der Waals surface area contributed by atoms with Gasteiger partial charge in [0.1, 0.15) is 23.9 Å². The normalized spacial score (nSPS) is 14.4. The van der Waals surface area contributed by atoms with E-state index in [9.17, 15) is 24.3 Å². The Balaban J connectivity index is 2.20. The van der Waals surface area contributed by atoms with Crippen LogP contribution in [0.2, 0.25) is 0 Å². The van der Waals surface area contributed by atoms with Crippen molar-refractivity contribution in [2.24, 2.45) is 11.7 Å². The van der Waals surface area contributed by atoms with Crippen molar-refractivity contribution in [1.82, 2.24) is 25.9 Å². The van der Waals surface area contributed by atoms with Crippen molar-refractivity contribution in [2.75, 3.05) is 0 Å². The van der Waals surface area contributed by atoms with Gasteiger partial charge in [-0.05, 0) is 37.0 Å². The average Bonchev–Trinajstić information content (AvgIpc) is 3.32. The molecule has 0 bridgehead atoms. The van der Waals surface area contributed by atoms with Gasteiger partial charge in [-0.25, -0.2) is 4.98 Å². The van der Waals surface area contributed by atoms with Crippen LogP contribution in [0.25, 0.3) is 0 Å². The number of H-pyrrole nitrogens is 1. The van der Waals surface area contributed by atoms with Gasteiger partial charge in [-0.3, -0.25) is 19.2 Å². The maximum Gasteiger partial charge on any atom is 0.325 e. The Morgan fingerprint density at radius 2 is 1.56 bits per heavy atom. The van der Waals surface area contributed by atoms with E-state index in [0.29, 0.717) is 11.3 Å². The molecule has 8 N–H and O–H groups in total. The number of carbonyl (C=O) groups is 4. The lowest BCUT2D eigenvalue weighted by Gasteiger charge is -2.25. The van der Waals surface area contributed by atoms with Gasteiger partial charge in [0.15, 0.2) is 0 Å². The number of nitrogens with one attached hydrogen (secondary N) is 4. The Hall–Kier alpha value is -3.93. The Kier molecular flexibility index (Phi) is 10.4. The minimum atomic E-state index is -1.21. The molecule has 1 heterocycles. The van der Waals surface area contributed by atoms with Crippen molar-refractivity contribution < 1.29 is 29.4 Å². The van der Waals surface area contributed by atoms with Crippen LogP contribution in [0.1, 0.15) is 38.4 Å². The maximum atomic E-state index is 13.3. The quantitative estimate of drug-likeness (QED) is 0.196. The van der Waals surface area contributed by atoms with E-state index in [-0.39, 0.29) is 30.9 Å². The lowest BCUT2D eigenvalue weighted by molar-refractivity contribution is -0.141. The molecule has 1 aromatic carbocycles. The Morgan fingerprint density at radius 1 is 0.944 bits per heavy atom. The van der Waals surface area contributed by atoms with Crippen LogP contribution in [0.3, 0.4) is 0 Å². The second kappa shape index (κ2) is 13.2. The van der Waals surface area contributed by atoms with Crippen LogP contribution in [0.5, 0.6) is 5.75 Å². The van der Waals surface area contributed by atoms with E-state index in [1.807, 2.05) is 13.8 Å². The molecule has 0 aliphatic rings. The standard InChI is InChI=1S/C24H34N6O6/c1-13(2)8-19(22(33)28-14(3)24(35)36)30-23(34)20(9-15-4-6-17(31)7-5-15)29-21(32)18(25)10-16-11-26-12-27-16/h4-7,11-14,18-20,31H,8-10,25H2,1-3H3,(H,26,27)(H,28,33)(H,29,32)(H,30,34)(H,35,36). The number of aliphatic carboxylic acids is 1. The summed E-state index contributed by atoms with van der Waals surface area (Å²) >= 11 is 0. The third kappa shape index (κ3) is 9.02. The summed E-state index contributed by atoms with van der Waals surface area (Å²) in [7, 11) is 0. The van der Waals surface area contributed by atoms with Crippen molar-refractivity contribution in [2.45, 2.75) is 64.2 Å². The predicted octanol–water partition coefficient (Wildman–Crippen LogP) is -0.167. The first-order valence-corrected chi connectivity index (χ1v) is 11.6. The molecule has 0 saturated heterocycles. The topological polar surface area (TPSA) is 200 Å². The summed E-state index contributed by atoms with van der Waals surface area (Å²) in [5.41, 5.74) is 7.33. The van der Waals surface area contributed by atoms with Crippen LogP contribution in [-0.4, -0.2) is 68.0 Å². The third-order valence-electron chi connectivity index (χ3n) is 5.41. The van der Waals surface area contributed by atoms with Gasteiger partial charge in [0.05, 0.1) is 12.4 Å². The van der Waals surface area contributed by atoms with Crippen LogP contribution < -0.4 is 21.7 Å². The van der Waals surface area contributed by atoms with E-state index in [0.717, 1.165) is 0 Å². The second-order valence-corrected chi connectivity index (χ2v) is 9.08. The maximum absolute atomic E-state index is 13.3. The predicted molar refractivity (Wildman–Crippen MR) is 131 cm³/mol. The smallest absolute Gasteiger partial charge is 0.325 e. The fourth-order valence-electron chi connectivity index (χ4n) is 3.43. The third-order valence-corrected chi connectivity index (χ3v) is 5.41. The summed E-state index contributed by atoms with van der Waals surface area (Å²) < 4.78 is 0. The number of aromatic amines is 1. The summed E-state index contributed by atoms with van der Waals surface area (Å²) in [6.07, 6.45) is 3.50. The van der Waals surface area contributed by atoms with E-state index in [1.54, 1.807) is 18.3 Å². The molecule has 0 fully saturated rings. The zero-order valence-corrected chi connectivity index (χ0v) is 20.5. The number of carbonyl (C=O) groups excluding carboxylic acids is 3. The first-order valence-electron chi connectivity index (χ1n) is 11.6. The molecule has 12 nitrogen and oxygen atoms in total. The lowest BCUT2D eigenvalue weighted by atomic mass is 10.0. The van der Waals surface area contributed by atoms with E-state index in [1.165, 1.54) is 25.4 Å². The fourth-order valence-corrected chi connectivity index (χ4v) is 3.43. The first kappa shape index (κ1) is 28.3. The number of rotatable bonds is 13. The van der Waals surface area contributed by atoms with Crippen LogP contribution in [-0.2, 0) is 32.0 Å². The largest absolute Gasteiger partial charge is 0.508 e. The van der Waals surface area contributed by atoms with Crippen molar-refractivity contribution in [1.29, 1.82) is 0 Å². The molecular weight excluding hydrogens is 468 g/mol. The zero-order chi connectivity index (χ0) is 26.8. The van der Waals surface area contributed by atoms with E-state index in [4.69, 9.17) is 10.8 Å². The summed E-state index contributed by atoms with van der Waals surface area (Å²) in [6.45, 7) is 5.04. The summed E-state index contributed by atoms with van der Waals surface area (Å²) in [4.78, 5) is 56.7. The van der Waals surface area contributed by atoms with Gasteiger partial charge in [-0.1, -0.05) is 26.0 Å². The number of nitrogens with zero attached hydrogens (tertiary/aromatic N) is 1. The van der Waals surface area contributed by atoms with Gasteiger partial charge in [0.2, 0.25) is 17.7 Å². The number of imidazole rings is 1. The number of aromatic nitrogens is 2. The molecule has 3 amide bonds. The number of carboxylic acids is 1. The monoisotopic (exact) mass is 502 g/mol.